The predicted molar refractivity (Wildman–Crippen MR) is 142 cm³/mol. The molecule has 9 heteroatoms. The van der Waals surface area contributed by atoms with Gasteiger partial charge in [-0.2, -0.15) is 0 Å². The van der Waals surface area contributed by atoms with Crippen molar-refractivity contribution in [1.29, 1.82) is 0 Å². The third-order valence-electron chi connectivity index (χ3n) is 7.23. The second-order valence-corrected chi connectivity index (χ2v) is 11.9. The molecular weight excluding hydrogens is 488 g/mol. The number of Topliss-reactive ketones (excluding diaryl/α,β-unsaturated/α-hetero) is 1. The smallest absolute Gasteiger partial charge is 0.286 e. The lowest BCUT2D eigenvalue weighted by Gasteiger charge is -2.32. The van der Waals surface area contributed by atoms with Gasteiger partial charge in [-0.3, -0.25) is 14.4 Å². The van der Waals surface area contributed by atoms with E-state index in [4.69, 9.17) is 4.42 Å². The molecule has 4 rings (SSSR count). The van der Waals surface area contributed by atoms with E-state index in [9.17, 15) is 14.4 Å². The largest absolute Gasteiger partial charge is 0.408 e. The molecule has 2 fully saturated rings. The summed E-state index contributed by atoms with van der Waals surface area (Å²) in [5.41, 5.74) is 0.568. The number of thioether (sulfide) groups is 1. The van der Waals surface area contributed by atoms with Crippen LogP contribution in [0.15, 0.2) is 40.0 Å². The van der Waals surface area contributed by atoms with Crippen LogP contribution in [-0.4, -0.2) is 45.1 Å². The molecule has 0 aliphatic heterocycles. The molecule has 1 aromatic carbocycles. The lowest BCUT2D eigenvalue weighted by atomic mass is 9.83. The van der Waals surface area contributed by atoms with Crippen molar-refractivity contribution < 1.29 is 18.8 Å². The Kier molecular flexibility index (Phi) is 9.77. The van der Waals surface area contributed by atoms with Crippen LogP contribution in [0.5, 0.6) is 0 Å². The number of hydrogen-bond donors (Lipinski definition) is 2. The molecule has 3 atom stereocenters. The number of nitrogens with one attached hydrogen (secondary N) is 2. The Balaban J connectivity index is 1.41. The predicted octanol–water partition coefficient (Wildman–Crippen LogP) is 5.20. The topological polar surface area (TPSA) is 114 Å². The van der Waals surface area contributed by atoms with Gasteiger partial charge in [-0.1, -0.05) is 75.9 Å². The van der Waals surface area contributed by atoms with Crippen LogP contribution in [0, 0.1) is 11.8 Å². The lowest BCUT2D eigenvalue weighted by molar-refractivity contribution is -0.127. The second kappa shape index (κ2) is 13.2. The van der Waals surface area contributed by atoms with Crippen LogP contribution in [0.2, 0.25) is 0 Å². The molecule has 2 N–H and O–H groups in total. The molecule has 8 nitrogen and oxygen atoms in total. The molecule has 2 aromatic rings. The third kappa shape index (κ3) is 7.66. The number of ketones is 1. The van der Waals surface area contributed by atoms with Gasteiger partial charge < -0.3 is 15.1 Å². The zero-order valence-corrected chi connectivity index (χ0v) is 22.6. The van der Waals surface area contributed by atoms with Gasteiger partial charge in [0.2, 0.25) is 11.7 Å². The van der Waals surface area contributed by atoms with E-state index in [0.29, 0.717) is 28.9 Å². The van der Waals surface area contributed by atoms with Crippen LogP contribution in [0.4, 0.5) is 0 Å². The molecule has 2 aliphatic rings. The van der Waals surface area contributed by atoms with Gasteiger partial charge in [0.1, 0.15) is 0 Å². The number of benzene rings is 1. The third-order valence-corrected chi connectivity index (χ3v) is 8.40. The molecule has 1 aromatic heterocycles. The van der Waals surface area contributed by atoms with Crippen molar-refractivity contribution in [2.75, 3.05) is 0 Å². The second-order valence-electron chi connectivity index (χ2n) is 10.6. The minimum Gasteiger partial charge on any atom is -0.408 e. The number of hydrogen-bond acceptors (Lipinski definition) is 7. The summed E-state index contributed by atoms with van der Waals surface area (Å²) in [7, 11) is 0. The molecular formula is C28H38N4O4S. The number of amides is 2. The molecule has 2 saturated carbocycles. The van der Waals surface area contributed by atoms with Gasteiger partial charge in [0.05, 0.1) is 12.0 Å². The number of aromatic nitrogens is 2. The van der Waals surface area contributed by atoms with Crippen LogP contribution in [-0.2, 0) is 4.79 Å². The molecule has 2 amide bonds. The first kappa shape index (κ1) is 27.4. The molecule has 37 heavy (non-hydrogen) atoms. The number of rotatable bonds is 10. The Hall–Kier alpha value is -2.68. The van der Waals surface area contributed by atoms with Gasteiger partial charge in [-0.05, 0) is 50.2 Å². The quantitative estimate of drug-likeness (QED) is 0.409. The van der Waals surface area contributed by atoms with E-state index in [1.54, 1.807) is 23.9 Å². The van der Waals surface area contributed by atoms with Gasteiger partial charge in [0, 0.05) is 16.9 Å². The monoisotopic (exact) mass is 526 g/mol. The number of nitrogens with zero attached hydrogens (tertiary/aromatic N) is 2. The molecule has 0 unspecified atom stereocenters. The van der Waals surface area contributed by atoms with E-state index >= 15 is 0 Å². The van der Waals surface area contributed by atoms with Gasteiger partial charge in [0.25, 0.3) is 17.0 Å². The molecule has 0 radical (unpaired) electrons. The van der Waals surface area contributed by atoms with E-state index in [-0.39, 0.29) is 35.4 Å². The first-order valence-corrected chi connectivity index (χ1v) is 14.5. The van der Waals surface area contributed by atoms with Crippen LogP contribution in [0.3, 0.4) is 0 Å². The Morgan fingerprint density at radius 2 is 1.68 bits per heavy atom. The summed E-state index contributed by atoms with van der Waals surface area (Å²) in [6.07, 6.45) is 9.61. The normalized spacial score (nSPS) is 21.4. The highest BCUT2D eigenvalue weighted by Gasteiger charge is 2.35. The van der Waals surface area contributed by atoms with Gasteiger partial charge in [-0.25, -0.2) is 0 Å². The van der Waals surface area contributed by atoms with E-state index in [1.165, 1.54) is 19.3 Å². The summed E-state index contributed by atoms with van der Waals surface area (Å²) in [5, 5.41) is 15.0. The summed E-state index contributed by atoms with van der Waals surface area (Å²) in [5.74, 6) is -1.04. The molecule has 200 valence electrons. The summed E-state index contributed by atoms with van der Waals surface area (Å²) in [6, 6.07) is 7.98. The van der Waals surface area contributed by atoms with E-state index in [1.807, 2.05) is 32.0 Å². The van der Waals surface area contributed by atoms with Gasteiger partial charge in [-0.15, -0.1) is 10.2 Å². The summed E-state index contributed by atoms with van der Waals surface area (Å²) < 4.78 is 5.74. The zero-order chi connectivity index (χ0) is 26.2. The standard InChI is InChI=1S/C28H38N4O4S/c1-18(2)17-23(24(33)27-31-32-28(36-27)37-20-13-7-4-8-14-20)30-26(35)21-15-9-10-16-22(21)29-25(34)19-11-5-3-6-12-19/h3,5-6,11-12,18,20-23H,4,7-10,13-17H2,1-2H3,(H,29,34)(H,30,35)/t21-,22+,23+/m1/s1. The Morgan fingerprint density at radius 3 is 2.41 bits per heavy atom. The summed E-state index contributed by atoms with van der Waals surface area (Å²) in [4.78, 5) is 39.6. The van der Waals surface area contributed by atoms with Gasteiger partial charge >= 0.3 is 0 Å². The van der Waals surface area contributed by atoms with E-state index in [2.05, 4.69) is 20.8 Å². The molecule has 0 saturated heterocycles. The average molecular weight is 527 g/mol. The highest BCUT2D eigenvalue weighted by atomic mass is 32.2. The summed E-state index contributed by atoms with van der Waals surface area (Å²) in [6.45, 7) is 4.02. The minimum atomic E-state index is -0.757. The molecule has 0 spiro atoms. The maximum Gasteiger partial charge on any atom is 0.286 e. The van der Waals surface area contributed by atoms with E-state index < -0.39 is 12.0 Å². The Morgan fingerprint density at radius 1 is 0.973 bits per heavy atom. The summed E-state index contributed by atoms with van der Waals surface area (Å²) >= 11 is 1.55. The van der Waals surface area contributed by atoms with Crippen molar-refractivity contribution in [1.82, 2.24) is 20.8 Å². The molecule has 2 aliphatic carbocycles. The highest BCUT2D eigenvalue weighted by Crippen LogP contribution is 2.33. The van der Waals surface area contributed by atoms with Gasteiger partial charge in [0.15, 0.2) is 0 Å². The number of carbonyl (C=O) groups is 3. The fourth-order valence-corrected chi connectivity index (χ4v) is 6.34. The van der Waals surface area contributed by atoms with Crippen LogP contribution in [0.1, 0.15) is 99.1 Å². The molecule has 1 heterocycles. The van der Waals surface area contributed by atoms with Crippen molar-refractivity contribution >= 4 is 29.4 Å². The number of carbonyl (C=O) groups excluding carboxylic acids is 3. The highest BCUT2D eigenvalue weighted by molar-refractivity contribution is 7.99. The molecule has 0 bridgehead atoms. The fourth-order valence-electron chi connectivity index (χ4n) is 5.27. The van der Waals surface area contributed by atoms with Crippen molar-refractivity contribution in [2.24, 2.45) is 11.8 Å². The Labute approximate surface area is 223 Å². The van der Waals surface area contributed by atoms with Crippen LogP contribution < -0.4 is 10.6 Å². The first-order chi connectivity index (χ1) is 17.9. The maximum absolute atomic E-state index is 13.4. The van der Waals surface area contributed by atoms with Crippen molar-refractivity contribution in [3.63, 3.8) is 0 Å². The van der Waals surface area contributed by atoms with E-state index in [0.717, 1.165) is 32.1 Å². The van der Waals surface area contributed by atoms with Crippen molar-refractivity contribution in [3.05, 3.63) is 41.8 Å². The SMILES string of the molecule is CC(C)C[C@H](NC(=O)[C@@H]1CCCC[C@@H]1NC(=O)c1ccccc1)C(=O)c1nnc(SC2CCCCC2)o1. The first-order valence-electron chi connectivity index (χ1n) is 13.6. The Bertz CT molecular complexity index is 1050. The minimum absolute atomic E-state index is 0.0539. The van der Waals surface area contributed by atoms with Crippen molar-refractivity contribution in [2.45, 2.75) is 101 Å². The average Bonchev–Trinajstić information content (AvgIpc) is 3.37. The lowest BCUT2D eigenvalue weighted by Crippen LogP contribution is -2.52. The zero-order valence-electron chi connectivity index (χ0n) is 21.8. The van der Waals surface area contributed by atoms with Crippen LogP contribution in [0.25, 0.3) is 0 Å². The fraction of sp³-hybridized carbons (Fsp3) is 0.607. The maximum atomic E-state index is 13.4. The van der Waals surface area contributed by atoms with Crippen LogP contribution >= 0.6 is 11.8 Å². The van der Waals surface area contributed by atoms with Crippen molar-refractivity contribution in [3.8, 4) is 0 Å².